The highest BCUT2D eigenvalue weighted by Gasteiger charge is 2.45. The monoisotopic (exact) mass is 477 g/mol. The lowest BCUT2D eigenvalue weighted by molar-refractivity contribution is -0.136. The van der Waals surface area contributed by atoms with Gasteiger partial charge in [-0.1, -0.05) is 6.07 Å². The van der Waals surface area contributed by atoms with Crippen LogP contribution >= 0.6 is 0 Å². The molecule has 186 valence electrons. The predicted octanol–water partition coefficient (Wildman–Crippen LogP) is 0.586. The molecular weight excluding hydrogens is 446 g/mol. The lowest BCUT2D eigenvalue weighted by Gasteiger charge is -2.27. The molecule has 11 heteroatoms. The quantitative estimate of drug-likeness (QED) is 0.275. The van der Waals surface area contributed by atoms with Crippen molar-refractivity contribution in [3.05, 3.63) is 29.3 Å². The van der Waals surface area contributed by atoms with Crippen molar-refractivity contribution in [3.63, 3.8) is 0 Å². The number of benzene rings is 1. The number of nitrogens with one attached hydrogen (secondary N) is 2. The zero-order chi connectivity index (χ0) is 24.3. The maximum absolute atomic E-state index is 13.0. The van der Waals surface area contributed by atoms with Crippen LogP contribution in [0.15, 0.2) is 18.2 Å². The number of hydrogen-bond acceptors (Lipinski definition) is 9. The number of imide groups is 2. The van der Waals surface area contributed by atoms with Crippen LogP contribution in [0, 0.1) is 0 Å². The topological polar surface area (TPSA) is 132 Å². The molecule has 1 saturated heterocycles. The van der Waals surface area contributed by atoms with E-state index in [0.717, 1.165) is 4.90 Å². The number of piperidine rings is 1. The van der Waals surface area contributed by atoms with Crippen LogP contribution in [0.5, 0.6) is 0 Å². The van der Waals surface area contributed by atoms with Crippen LogP contribution in [0.2, 0.25) is 0 Å². The Morgan fingerprint density at radius 2 is 1.56 bits per heavy atom. The second-order valence-electron chi connectivity index (χ2n) is 7.64. The summed E-state index contributed by atoms with van der Waals surface area (Å²) in [5.74, 6) is -2.12. The van der Waals surface area contributed by atoms with Crippen LogP contribution in [0.3, 0.4) is 0 Å². The van der Waals surface area contributed by atoms with Crippen molar-refractivity contribution >= 4 is 29.3 Å². The Labute approximate surface area is 198 Å². The SMILES string of the molecule is CCOCCOCCOCCOCCNc1cccc2c1C(=O)N(C1CCC(=O)NC1=O)C2=O. The number of ether oxygens (including phenoxy) is 4. The third-order valence-corrected chi connectivity index (χ3v) is 5.35. The van der Waals surface area contributed by atoms with Crippen molar-refractivity contribution in [2.75, 3.05) is 64.7 Å². The molecule has 3 rings (SSSR count). The standard InChI is InChI=1S/C23H31N3O8/c1-2-31-10-11-33-14-15-34-13-12-32-9-8-24-17-5-3-4-16-20(17)23(30)26(22(16)29)18-6-7-19(27)25-21(18)28/h3-5,18,24H,2,6-15H2,1H3,(H,25,27,28). The van der Waals surface area contributed by atoms with Gasteiger partial charge in [0.1, 0.15) is 6.04 Å². The lowest BCUT2D eigenvalue weighted by Crippen LogP contribution is -2.54. The molecule has 0 spiro atoms. The van der Waals surface area contributed by atoms with Gasteiger partial charge in [0.25, 0.3) is 11.8 Å². The molecular formula is C23H31N3O8. The molecule has 11 nitrogen and oxygen atoms in total. The van der Waals surface area contributed by atoms with E-state index in [-0.39, 0.29) is 24.0 Å². The highest BCUT2D eigenvalue weighted by molar-refractivity contribution is 6.25. The summed E-state index contributed by atoms with van der Waals surface area (Å²) in [6.45, 7) is 6.33. The fourth-order valence-corrected chi connectivity index (χ4v) is 3.72. The minimum atomic E-state index is -0.989. The van der Waals surface area contributed by atoms with Gasteiger partial charge in [-0.3, -0.25) is 29.4 Å². The molecule has 1 fully saturated rings. The van der Waals surface area contributed by atoms with Gasteiger partial charge in [-0.05, 0) is 25.5 Å². The Morgan fingerprint density at radius 1 is 0.912 bits per heavy atom. The minimum absolute atomic E-state index is 0.0803. The van der Waals surface area contributed by atoms with E-state index in [2.05, 4.69) is 10.6 Å². The number of anilines is 1. The summed E-state index contributed by atoms with van der Waals surface area (Å²) in [7, 11) is 0. The number of amides is 4. The molecule has 0 aliphatic carbocycles. The molecule has 2 N–H and O–H groups in total. The van der Waals surface area contributed by atoms with Crippen LogP contribution in [0.1, 0.15) is 40.5 Å². The highest BCUT2D eigenvalue weighted by Crippen LogP contribution is 2.32. The summed E-state index contributed by atoms with van der Waals surface area (Å²) in [5.41, 5.74) is 0.956. The number of nitrogens with zero attached hydrogens (tertiary/aromatic N) is 1. The van der Waals surface area contributed by atoms with Crippen molar-refractivity contribution in [1.29, 1.82) is 0 Å². The molecule has 0 radical (unpaired) electrons. The normalized spacial score (nSPS) is 17.8. The Kier molecular flexibility index (Phi) is 9.95. The largest absolute Gasteiger partial charge is 0.382 e. The maximum atomic E-state index is 13.0. The van der Waals surface area contributed by atoms with Gasteiger partial charge in [-0.15, -0.1) is 0 Å². The van der Waals surface area contributed by atoms with Crippen LogP contribution in [-0.2, 0) is 28.5 Å². The smallest absolute Gasteiger partial charge is 0.264 e. The Morgan fingerprint density at radius 3 is 2.21 bits per heavy atom. The molecule has 1 atom stereocenters. The van der Waals surface area contributed by atoms with Crippen molar-refractivity contribution in [2.45, 2.75) is 25.8 Å². The van der Waals surface area contributed by atoms with Gasteiger partial charge in [0, 0.05) is 25.3 Å². The lowest BCUT2D eigenvalue weighted by atomic mass is 10.0. The molecule has 2 heterocycles. The summed E-state index contributed by atoms with van der Waals surface area (Å²) in [5, 5.41) is 5.31. The number of rotatable bonds is 15. The average molecular weight is 478 g/mol. The molecule has 1 unspecified atom stereocenters. The van der Waals surface area contributed by atoms with Gasteiger partial charge in [0.2, 0.25) is 11.8 Å². The zero-order valence-corrected chi connectivity index (χ0v) is 19.3. The molecule has 0 saturated carbocycles. The van der Waals surface area contributed by atoms with Crippen molar-refractivity contribution in [3.8, 4) is 0 Å². The van der Waals surface area contributed by atoms with Gasteiger partial charge in [-0.25, -0.2) is 0 Å². The Bertz CT molecular complexity index is 891. The van der Waals surface area contributed by atoms with Crippen LogP contribution in [0.25, 0.3) is 0 Å². The van der Waals surface area contributed by atoms with E-state index in [1.54, 1.807) is 18.2 Å². The first kappa shape index (κ1) is 25.8. The van der Waals surface area contributed by atoms with Gasteiger partial charge >= 0.3 is 0 Å². The van der Waals surface area contributed by atoms with E-state index in [1.165, 1.54) is 0 Å². The number of fused-ring (bicyclic) bond motifs is 1. The first-order valence-electron chi connectivity index (χ1n) is 11.4. The second-order valence-corrected chi connectivity index (χ2v) is 7.64. The Balaban J connectivity index is 1.39. The van der Waals surface area contributed by atoms with Crippen LogP contribution in [0.4, 0.5) is 5.69 Å². The van der Waals surface area contributed by atoms with Gasteiger partial charge in [0.15, 0.2) is 0 Å². The third-order valence-electron chi connectivity index (χ3n) is 5.35. The van der Waals surface area contributed by atoms with E-state index >= 15 is 0 Å². The molecule has 1 aromatic carbocycles. The van der Waals surface area contributed by atoms with Crippen LogP contribution in [-0.4, -0.2) is 94.0 Å². The highest BCUT2D eigenvalue weighted by atomic mass is 16.6. The van der Waals surface area contributed by atoms with Gasteiger partial charge in [0.05, 0.1) is 57.4 Å². The molecule has 2 aliphatic heterocycles. The fraction of sp³-hybridized carbons (Fsp3) is 0.565. The number of carbonyl (C=O) groups is 4. The molecule has 4 amide bonds. The van der Waals surface area contributed by atoms with Crippen molar-refractivity contribution < 1.29 is 38.1 Å². The van der Waals surface area contributed by atoms with E-state index in [1.807, 2.05) is 6.92 Å². The van der Waals surface area contributed by atoms with Crippen molar-refractivity contribution in [1.82, 2.24) is 10.2 Å². The summed E-state index contributed by atoms with van der Waals surface area (Å²) >= 11 is 0. The van der Waals surface area contributed by atoms with Crippen molar-refractivity contribution in [2.24, 2.45) is 0 Å². The summed E-state index contributed by atoms with van der Waals surface area (Å²) < 4.78 is 21.5. The van der Waals surface area contributed by atoms with Gasteiger partial charge < -0.3 is 24.3 Å². The first-order valence-corrected chi connectivity index (χ1v) is 11.4. The van der Waals surface area contributed by atoms with E-state index in [4.69, 9.17) is 18.9 Å². The Hall–Kier alpha value is -2.86. The third kappa shape index (κ3) is 6.60. The van der Waals surface area contributed by atoms with E-state index in [9.17, 15) is 19.2 Å². The first-order chi connectivity index (χ1) is 16.5. The summed E-state index contributed by atoms with van der Waals surface area (Å²) in [4.78, 5) is 50.4. The minimum Gasteiger partial charge on any atom is -0.382 e. The summed E-state index contributed by atoms with van der Waals surface area (Å²) in [6.07, 6.45) is 0.200. The van der Waals surface area contributed by atoms with E-state index in [0.29, 0.717) is 65.1 Å². The van der Waals surface area contributed by atoms with Crippen LogP contribution < -0.4 is 10.6 Å². The average Bonchev–Trinajstić information content (AvgIpc) is 3.08. The molecule has 0 aromatic heterocycles. The maximum Gasteiger partial charge on any atom is 0.264 e. The summed E-state index contributed by atoms with van der Waals surface area (Å²) in [6, 6.07) is 3.94. The molecule has 2 aliphatic rings. The number of carbonyl (C=O) groups excluding carboxylic acids is 4. The molecule has 34 heavy (non-hydrogen) atoms. The fourth-order valence-electron chi connectivity index (χ4n) is 3.72. The van der Waals surface area contributed by atoms with E-state index < -0.39 is 29.7 Å². The molecule has 1 aromatic rings. The zero-order valence-electron chi connectivity index (χ0n) is 19.3. The predicted molar refractivity (Wildman–Crippen MR) is 121 cm³/mol. The second kappa shape index (κ2) is 13.1. The van der Waals surface area contributed by atoms with Gasteiger partial charge in [-0.2, -0.15) is 0 Å². The number of hydrogen-bond donors (Lipinski definition) is 2. The molecule has 0 bridgehead atoms.